The van der Waals surface area contributed by atoms with Crippen molar-refractivity contribution in [3.05, 3.63) is 18.2 Å². The minimum Gasteiger partial charge on any atom is -0.486 e. The van der Waals surface area contributed by atoms with Gasteiger partial charge in [-0.2, -0.15) is 0 Å². The number of nitrogens with one attached hydrogen (secondary N) is 1. The van der Waals surface area contributed by atoms with E-state index >= 15 is 0 Å². The van der Waals surface area contributed by atoms with Crippen LogP contribution < -0.4 is 14.2 Å². The Morgan fingerprint density at radius 1 is 1.24 bits per heavy atom. The normalized spacial score (nSPS) is 14.6. The van der Waals surface area contributed by atoms with Crippen molar-refractivity contribution in [2.45, 2.75) is 18.2 Å². The third kappa shape index (κ3) is 2.70. The van der Waals surface area contributed by atoms with E-state index < -0.39 is 10.0 Å². The number of rotatable bonds is 4. The number of hydrogen-bond acceptors (Lipinski definition) is 4. The van der Waals surface area contributed by atoms with Crippen molar-refractivity contribution in [3.63, 3.8) is 0 Å². The zero-order valence-electron chi connectivity index (χ0n) is 9.60. The molecule has 0 radical (unpaired) electrons. The molecule has 0 aliphatic carbocycles. The summed E-state index contributed by atoms with van der Waals surface area (Å²) in [6, 6.07) is 4.63. The molecule has 1 aliphatic rings. The van der Waals surface area contributed by atoms with Crippen LogP contribution in [0.2, 0.25) is 0 Å². The van der Waals surface area contributed by atoms with Gasteiger partial charge < -0.3 is 9.47 Å². The molecular formula is C11H15NO4S. The van der Waals surface area contributed by atoms with Crippen LogP contribution in [0.5, 0.6) is 11.5 Å². The Labute approximate surface area is 101 Å². The van der Waals surface area contributed by atoms with Crippen LogP contribution in [0.3, 0.4) is 0 Å². The molecule has 0 amide bonds. The van der Waals surface area contributed by atoms with E-state index in [1.165, 1.54) is 12.1 Å². The van der Waals surface area contributed by atoms with Gasteiger partial charge >= 0.3 is 0 Å². The Morgan fingerprint density at radius 3 is 2.65 bits per heavy atom. The number of hydrogen-bond donors (Lipinski definition) is 1. The van der Waals surface area contributed by atoms with Crippen LogP contribution in [0.4, 0.5) is 0 Å². The highest BCUT2D eigenvalue weighted by molar-refractivity contribution is 7.89. The van der Waals surface area contributed by atoms with E-state index in [0.29, 0.717) is 31.3 Å². The molecule has 0 saturated carbocycles. The highest BCUT2D eigenvalue weighted by Gasteiger charge is 2.18. The highest BCUT2D eigenvalue weighted by Crippen LogP contribution is 2.32. The molecule has 0 spiro atoms. The SMILES string of the molecule is CCCNS(=O)(=O)c1ccc2c(c1)OCCO2. The lowest BCUT2D eigenvalue weighted by Gasteiger charge is -2.18. The number of ether oxygens (including phenoxy) is 2. The second-order valence-corrected chi connectivity index (χ2v) is 5.47. The second kappa shape index (κ2) is 4.93. The van der Waals surface area contributed by atoms with E-state index in [4.69, 9.17) is 9.47 Å². The summed E-state index contributed by atoms with van der Waals surface area (Å²) >= 11 is 0. The van der Waals surface area contributed by atoms with E-state index in [1.807, 2.05) is 6.92 Å². The number of benzene rings is 1. The van der Waals surface area contributed by atoms with Crippen molar-refractivity contribution >= 4 is 10.0 Å². The molecule has 1 aromatic carbocycles. The molecule has 0 unspecified atom stereocenters. The summed E-state index contributed by atoms with van der Waals surface area (Å²) in [5, 5.41) is 0. The molecule has 0 aromatic heterocycles. The molecule has 94 valence electrons. The smallest absolute Gasteiger partial charge is 0.240 e. The van der Waals surface area contributed by atoms with Crippen molar-refractivity contribution in [1.82, 2.24) is 4.72 Å². The van der Waals surface area contributed by atoms with Crippen molar-refractivity contribution < 1.29 is 17.9 Å². The van der Waals surface area contributed by atoms with Crippen LogP contribution in [0, 0.1) is 0 Å². The molecular weight excluding hydrogens is 242 g/mol. The quantitative estimate of drug-likeness (QED) is 0.878. The minimum absolute atomic E-state index is 0.204. The first-order valence-electron chi connectivity index (χ1n) is 5.53. The maximum Gasteiger partial charge on any atom is 0.240 e. The first-order valence-corrected chi connectivity index (χ1v) is 7.01. The summed E-state index contributed by atoms with van der Waals surface area (Å²) in [5.41, 5.74) is 0. The predicted octanol–water partition coefficient (Wildman–Crippen LogP) is 1.15. The fraction of sp³-hybridized carbons (Fsp3) is 0.455. The fourth-order valence-electron chi connectivity index (χ4n) is 1.51. The topological polar surface area (TPSA) is 64.6 Å². The Hall–Kier alpha value is -1.27. The fourth-order valence-corrected chi connectivity index (χ4v) is 2.66. The zero-order valence-corrected chi connectivity index (χ0v) is 10.4. The van der Waals surface area contributed by atoms with Gasteiger partial charge in [0.05, 0.1) is 4.90 Å². The molecule has 0 saturated heterocycles. The van der Waals surface area contributed by atoms with E-state index in [0.717, 1.165) is 6.42 Å². The summed E-state index contributed by atoms with van der Waals surface area (Å²) < 4.78 is 36.9. The van der Waals surface area contributed by atoms with Gasteiger partial charge in [0.25, 0.3) is 0 Å². The van der Waals surface area contributed by atoms with Crippen LogP contribution in [-0.4, -0.2) is 28.2 Å². The Kier molecular flexibility index (Phi) is 3.54. The lowest BCUT2D eigenvalue weighted by Crippen LogP contribution is -2.24. The van der Waals surface area contributed by atoms with Gasteiger partial charge in [-0.25, -0.2) is 13.1 Å². The third-order valence-corrected chi connectivity index (χ3v) is 3.82. The Bertz CT molecular complexity index is 498. The van der Waals surface area contributed by atoms with Crippen LogP contribution in [-0.2, 0) is 10.0 Å². The summed E-state index contributed by atoms with van der Waals surface area (Å²) in [7, 11) is -3.44. The molecule has 0 atom stereocenters. The van der Waals surface area contributed by atoms with Crippen molar-refractivity contribution in [2.75, 3.05) is 19.8 Å². The van der Waals surface area contributed by atoms with Crippen LogP contribution in [0.25, 0.3) is 0 Å². The molecule has 5 nitrogen and oxygen atoms in total. The van der Waals surface area contributed by atoms with Gasteiger partial charge in [-0.3, -0.25) is 0 Å². The molecule has 1 N–H and O–H groups in total. The summed E-state index contributed by atoms with van der Waals surface area (Å²) in [6.45, 7) is 3.27. The maximum absolute atomic E-state index is 11.9. The lowest BCUT2D eigenvalue weighted by molar-refractivity contribution is 0.171. The van der Waals surface area contributed by atoms with E-state index in [2.05, 4.69) is 4.72 Å². The minimum atomic E-state index is -3.44. The van der Waals surface area contributed by atoms with Crippen LogP contribution in [0.15, 0.2) is 23.1 Å². The number of sulfonamides is 1. The van der Waals surface area contributed by atoms with E-state index in [1.54, 1.807) is 6.07 Å². The molecule has 0 bridgehead atoms. The van der Waals surface area contributed by atoms with Gasteiger partial charge in [-0.15, -0.1) is 0 Å². The van der Waals surface area contributed by atoms with Crippen molar-refractivity contribution in [1.29, 1.82) is 0 Å². The monoisotopic (exact) mass is 257 g/mol. The summed E-state index contributed by atoms with van der Waals surface area (Å²) in [4.78, 5) is 0.204. The van der Waals surface area contributed by atoms with E-state index in [-0.39, 0.29) is 4.90 Å². The maximum atomic E-state index is 11.9. The molecule has 1 heterocycles. The summed E-state index contributed by atoms with van der Waals surface area (Å²) in [6.07, 6.45) is 0.754. The highest BCUT2D eigenvalue weighted by atomic mass is 32.2. The second-order valence-electron chi connectivity index (χ2n) is 3.70. The number of fused-ring (bicyclic) bond motifs is 1. The first kappa shape index (κ1) is 12.2. The average Bonchev–Trinajstić information content (AvgIpc) is 2.36. The van der Waals surface area contributed by atoms with E-state index in [9.17, 15) is 8.42 Å². The molecule has 6 heteroatoms. The van der Waals surface area contributed by atoms with Gasteiger partial charge in [0, 0.05) is 12.6 Å². The molecule has 1 aliphatic heterocycles. The Balaban J connectivity index is 2.27. The van der Waals surface area contributed by atoms with Crippen LogP contribution in [0.1, 0.15) is 13.3 Å². The predicted molar refractivity (Wildman–Crippen MR) is 62.9 cm³/mol. The molecule has 17 heavy (non-hydrogen) atoms. The van der Waals surface area contributed by atoms with Gasteiger partial charge in [0.2, 0.25) is 10.0 Å². The lowest BCUT2D eigenvalue weighted by atomic mass is 10.3. The van der Waals surface area contributed by atoms with Gasteiger partial charge in [-0.05, 0) is 18.6 Å². The average molecular weight is 257 g/mol. The molecule has 0 fully saturated rings. The Morgan fingerprint density at radius 2 is 1.94 bits per heavy atom. The standard InChI is InChI=1S/C11H15NO4S/c1-2-5-12-17(13,14)9-3-4-10-11(8-9)16-7-6-15-10/h3-4,8,12H,2,5-7H2,1H3. The van der Waals surface area contributed by atoms with Crippen molar-refractivity contribution in [3.8, 4) is 11.5 Å². The van der Waals surface area contributed by atoms with Crippen molar-refractivity contribution in [2.24, 2.45) is 0 Å². The van der Waals surface area contributed by atoms with Gasteiger partial charge in [-0.1, -0.05) is 6.92 Å². The van der Waals surface area contributed by atoms with Gasteiger partial charge in [0.1, 0.15) is 13.2 Å². The third-order valence-electron chi connectivity index (χ3n) is 2.37. The largest absolute Gasteiger partial charge is 0.486 e. The van der Waals surface area contributed by atoms with Gasteiger partial charge in [0.15, 0.2) is 11.5 Å². The molecule has 2 rings (SSSR count). The molecule has 1 aromatic rings. The first-order chi connectivity index (χ1) is 8.13. The zero-order chi connectivity index (χ0) is 12.3. The summed E-state index contributed by atoms with van der Waals surface area (Å²) in [5.74, 6) is 1.07. The van der Waals surface area contributed by atoms with Crippen LogP contribution >= 0.6 is 0 Å².